The minimum atomic E-state index is -0.0721. The van der Waals surface area contributed by atoms with Crippen molar-refractivity contribution in [1.82, 2.24) is 20.0 Å². The van der Waals surface area contributed by atoms with Crippen molar-refractivity contribution in [2.24, 2.45) is 0 Å². The highest BCUT2D eigenvalue weighted by molar-refractivity contribution is 5.81. The molecule has 6 nitrogen and oxygen atoms in total. The Morgan fingerprint density at radius 2 is 1.63 bits per heavy atom. The highest BCUT2D eigenvalue weighted by atomic mass is 16.2. The van der Waals surface area contributed by atoms with Gasteiger partial charge in [0.1, 0.15) is 0 Å². The quantitative estimate of drug-likeness (QED) is 0.725. The molecule has 0 radical (unpaired) electrons. The summed E-state index contributed by atoms with van der Waals surface area (Å²) in [5.41, 5.74) is 3.65. The normalized spacial score (nSPS) is 14.7. The molecule has 1 aliphatic rings. The zero-order chi connectivity index (χ0) is 21.3. The van der Waals surface area contributed by atoms with E-state index in [1.807, 2.05) is 42.3 Å². The zero-order valence-electron chi connectivity index (χ0n) is 18.0. The van der Waals surface area contributed by atoms with Gasteiger partial charge in [0.25, 0.3) is 0 Å². The molecule has 0 saturated carbocycles. The van der Waals surface area contributed by atoms with Crippen LogP contribution in [0.3, 0.4) is 0 Å². The van der Waals surface area contributed by atoms with Crippen LogP contribution in [0.4, 0.5) is 0 Å². The highest BCUT2D eigenvalue weighted by Crippen LogP contribution is 2.10. The Labute approximate surface area is 179 Å². The van der Waals surface area contributed by atoms with Gasteiger partial charge in [-0.25, -0.2) is 0 Å². The van der Waals surface area contributed by atoms with E-state index in [0.29, 0.717) is 6.54 Å². The molecular weight excluding hydrogens is 376 g/mol. The van der Waals surface area contributed by atoms with Crippen molar-refractivity contribution in [1.29, 1.82) is 0 Å². The number of nitrogens with one attached hydrogen (secondary N) is 1. The molecule has 0 bridgehead atoms. The topological polar surface area (TPSA) is 55.9 Å². The number of rotatable bonds is 8. The van der Waals surface area contributed by atoms with Gasteiger partial charge < -0.3 is 10.2 Å². The van der Waals surface area contributed by atoms with Crippen LogP contribution in [0.5, 0.6) is 0 Å². The smallest absolute Gasteiger partial charge is 0.236 e. The molecule has 1 aliphatic heterocycles. The van der Waals surface area contributed by atoms with E-state index in [-0.39, 0.29) is 24.9 Å². The van der Waals surface area contributed by atoms with E-state index in [4.69, 9.17) is 0 Å². The Morgan fingerprint density at radius 1 is 0.933 bits per heavy atom. The molecular formula is C24H32N4O2. The molecule has 160 valence electrons. The molecule has 2 aromatic rings. The van der Waals surface area contributed by atoms with Gasteiger partial charge in [-0.3, -0.25) is 19.4 Å². The van der Waals surface area contributed by atoms with E-state index in [2.05, 4.69) is 41.4 Å². The molecule has 1 fully saturated rings. The lowest BCUT2D eigenvalue weighted by Gasteiger charge is -2.35. The zero-order valence-corrected chi connectivity index (χ0v) is 18.0. The van der Waals surface area contributed by atoms with Gasteiger partial charge in [0, 0.05) is 39.3 Å². The fourth-order valence-corrected chi connectivity index (χ4v) is 3.71. The summed E-state index contributed by atoms with van der Waals surface area (Å²) in [6.07, 6.45) is 0. The van der Waals surface area contributed by atoms with E-state index >= 15 is 0 Å². The van der Waals surface area contributed by atoms with Crippen molar-refractivity contribution in [3.05, 3.63) is 71.3 Å². The maximum absolute atomic E-state index is 12.6. The molecule has 6 heteroatoms. The minimum absolute atomic E-state index is 0.0721. The minimum Gasteiger partial charge on any atom is -0.351 e. The van der Waals surface area contributed by atoms with Crippen LogP contribution in [0.15, 0.2) is 54.6 Å². The summed E-state index contributed by atoms with van der Waals surface area (Å²) in [7, 11) is 1.81. The molecule has 1 saturated heterocycles. The number of benzene rings is 2. The Hall–Kier alpha value is -2.70. The first-order valence-electron chi connectivity index (χ1n) is 10.5. The Bertz CT molecular complexity index is 832. The van der Waals surface area contributed by atoms with Crippen molar-refractivity contribution < 1.29 is 9.59 Å². The molecule has 2 amide bonds. The lowest BCUT2D eigenvalue weighted by Crippen LogP contribution is -2.51. The van der Waals surface area contributed by atoms with E-state index in [1.165, 1.54) is 11.1 Å². The lowest BCUT2D eigenvalue weighted by molar-refractivity contribution is -0.134. The number of carbonyl (C=O) groups is 2. The van der Waals surface area contributed by atoms with E-state index < -0.39 is 0 Å². The van der Waals surface area contributed by atoms with Gasteiger partial charge in [-0.15, -0.1) is 0 Å². The van der Waals surface area contributed by atoms with Crippen LogP contribution in [0.1, 0.15) is 16.7 Å². The lowest BCUT2D eigenvalue weighted by atomic mass is 10.1. The Morgan fingerprint density at radius 3 is 2.33 bits per heavy atom. The summed E-state index contributed by atoms with van der Waals surface area (Å²) >= 11 is 0. The molecule has 0 unspecified atom stereocenters. The van der Waals surface area contributed by atoms with Gasteiger partial charge in [0.05, 0.1) is 13.1 Å². The van der Waals surface area contributed by atoms with Crippen LogP contribution in [-0.2, 0) is 22.7 Å². The highest BCUT2D eigenvalue weighted by Gasteiger charge is 2.22. The molecule has 1 heterocycles. The van der Waals surface area contributed by atoms with Crippen molar-refractivity contribution in [3.63, 3.8) is 0 Å². The van der Waals surface area contributed by atoms with Gasteiger partial charge in [-0.2, -0.15) is 0 Å². The van der Waals surface area contributed by atoms with E-state index in [1.54, 1.807) is 4.90 Å². The third kappa shape index (κ3) is 6.97. The average Bonchev–Trinajstić information content (AvgIpc) is 2.73. The van der Waals surface area contributed by atoms with E-state index in [9.17, 15) is 9.59 Å². The Balaban J connectivity index is 1.36. The molecule has 0 atom stereocenters. The predicted octanol–water partition coefficient (Wildman–Crippen LogP) is 1.89. The summed E-state index contributed by atoms with van der Waals surface area (Å²) in [6.45, 7) is 7.23. The maximum atomic E-state index is 12.6. The van der Waals surface area contributed by atoms with Gasteiger partial charge in [-0.1, -0.05) is 60.2 Å². The van der Waals surface area contributed by atoms with Gasteiger partial charge in [-0.05, 0) is 25.1 Å². The number of amides is 2. The second kappa shape index (κ2) is 10.9. The van der Waals surface area contributed by atoms with E-state index in [0.717, 1.165) is 38.3 Å². The summed E-state index contributed by atoms with van der Waals surface area (Å²) in [4.78, 5) is 30.8. The van der Waals surface area contributed by atoms with Crippen molar-refractivity contribution >= 4 is 11.8 Å². The fourth-order valence-electron chi connectivity index (χ4n) is 3.71. The van der Waals surface area contributed by atoms with Crippen molar-refractivity contribution in [3.8, 4) is 0 Å². The van der Waals surface area contributed by atoms with Crippen LogP contribution in [0, 0.1) is 6.92 Å². The standard InChI is InChI=1S/C24H32N4O2/c1-20-7-6-10-22(15-20)17-27-11-13-28(14-12-27)24(30)19-26(2)18-23(29)25-16-21-8-4-3-5-9-21/h3-10,15H,11-14,16-19H2,1-2H3,(H,25,29). The summed E-state index contributed by atoms with van der Waals surface area (Å²) in [6, 6.07) is 18.4. The van der Waals surface area contributed by atoms with Crippen LogP contribution in [0.25, 0.3) is 0 Å². The first-order valence-corrected chi connectivity index (χ1v) is 10.5. The maximum Gasteiger partial charge on any atom is 0.236 e. The van der Waals surface area contributed by atoms with Gasteiger partial charge >= 0.3 is 0 Å². The number of piperazine rings is 1. The average molecular weight is 409 g/mol. The number of aryl methyl sites for hydroxylation is 1. The molecule has 3 rings (SSSR count). The molecule has 0 aliphatic carbocycles. The summed E-state index contributed by atoms with van der Waals surface area (Å²) < 4.78 is 0. The number of hydrogen-bond donors (Lipinski definition) is 1. The molecule has 0 aromatic heterocycles. The van der Waals surface area contributed by atoms with Crippen LogP contribution in [0.2, 0.25) is 0 Å². The summed E-state index contributed by atoms with van der Waals surface area (Å²) in [5.74, 6) is 0.0145. The third-order valence-electron chi connectivity index (χ3n) is 5.36. The second-order valence-corrected chi connectivity index (χ2v) is 8.08. The van der Waals surface area contributed by atoms with Gasteiger partial charge in [0.15, 0.2) is 0 Å². The number of nitrogens with zero attached hydrogens (tertiary/aromatic N) is 3. The SMILES string of the molecule is Cc1cccc(CN2CCN(C(=O)CN(C)CC(=O)NCc3ccccc3)CC2)c1. The predicted molar refractivity (Wildman–Crippen MR) is 119 cm³/mol. The third-order valence-corrected chi connectivity index (χ3v) is 5.36. The summed E-state index contributed by atoms with van der Waals surface area (Å²) in [5, 5.41) is 2.90. The molecule has 2 aromatic carbocycles. The van der Waals surface area contributed by atoms with Gasteiger partial charge in [0.2, 0.25) is 11.8 Å². The molecule has 0 spiro atoms. The van der Waals surface area contributed by atoms with Crippen molar-refractivity contribution in [2.75, 3.05) is 46.3 Å². The fraction of sp³-hybridized carbons (Fsp3) is 0.417. The number of hydrogen-bond acceptors (Lipinski definition) is 4. The first-order chi connectivity index (χ1) is 14.5. The van der Waals surface area contributed by atoms with Crippen LogP contribution >= 0.6 is 0 Å². The van der Waals surface area contributed by atoms with Crippen LogP contribution in [-0.4, -0.2) is 72.8 Å². The number of carbonyl (C=O) groups excluding carboxylic acids is 2. The number of likely N-dealkylation sites (N-methyl/N-ethyl adjacent to an activating group) is 1. The molecule has 1 N–H and O–H groups in total. The largest absolute Gasteiger partial charge is 0.351 e. The second-order valence-electron chi connectivity index (χ2n) is 8.08. The monoisotopic (exact) mass is 408 g/mol. The Kier molecular flexibility index (Phi) is 7.99. The van der Waals surface area contributed by atoms with Crippen molar-refractivity contribution in [2.45, 2.75) is 20.0 Å². The first kappa shape index (κ1) is 22.0. The molecule has 30 heavy (non-hydrogen) atoms. The van der Waals surface area contributed by atoms with Crippen LogP contribution < -0.4 is 5.32 Å².